The van der Waals surface area contributed by atoms with Gasteiger partial charge >= 0.3 is 5.97 Å². The van der Waals surface area contributed by atoms with Crippen molar-refractivity contribution in [2.24, 2.45) is 5.73 Å². The van der Waals surface area contributed by atoms with Gasteiger partial charge in [0.05, 0.1) is 5.69 Å². The Bertz CT molecular complexity index is 461. The number of amides is 1. The maximum atomic E-state index is 11.9. The smallest absolute Gasteiger partial charge is 0.323 e. The minimum Gasteiger partial charge on any atom is -0.489 e. The van der Waals surface area contributed by atoms with Crippen LogP contribution in [0.1, 0.15) is 0 Å². The van der Waals surface area contributed by atoms with Gasteiger partial charge in [0.25, 0.3) is 0 Å². The average molecular weight is 236 g/mol. The van der Waals surface area contributed by atoms with Crippen molar-refractivity contribution in [3.63, 3.8) is 0 Å². The third kappa shape index (κ3) is 2.21. The summed E-state index contributed by atoms with van der Waals surface area (Å²) in [6.07, 6.45) is 0. The molecule has 17 heavy (non-hydrogen) atoms. The number of benzene rings is 1. The maximum Gasteiger partial charge on any atom is 0.323 e. The molecular weight excluding hydrogens is 224 g/mol. The molecule has 0 spiro atoms. The lowest BCUT2D eigenvalue weighted by molar-refractivity contribution is -0.136. The minimum atomic E-state index is -1.10. The van der Waals surface area contributed by atoms with E-state index < -0.39 is 24.5 Å². The fourth-order valence-electron chi connectivity index (χ4n) is 1.67. The fourth-order valence-corrected chi connectivity index (χ4v) is 1.67. The Hall–Kier alpha value is -2.08. The predicted octanol–water partition coefficient (Wildman–Crippen LogP) is -0.176. The van der Waals surface area contributed by atoms with Crippen LogP contribution >= 0.6 is 0 Å². The van der Waals surface area contributed by atoms with Crippen molar-refractivity contribution < 1.29 is 19.4 Å². The molecule has 0 aromatic heterocycles. The number of carbonyl (C=O) groups is 2. The van der Waals surface area contributed by atoms with E-state index in [1.54, 1.807) is 24.3 Å². The van der Waals surface area contributed by atoms with Crippen LogP contribution in [0.3, 0.4) is 0 Å². The SMILES string of the molecule is N[C@H]1COc2ccccc2N(CC(=O)O)C1=O. The van der Waals surface area contributed by atoms with E-state index in [0.717, 1.165) is 4.90 Å². The first-order valence-corrected chi connectivity index (χ1v) is 5.10. The van der Waals surface area contributed by atoms with Crippen LogP contribution in [0.4, 0.5) is 5.69 Å². The van der Waals surface area contributed by atoms with Crippen LogP contribution in [0.5, 0.6) is 5.75 Å². The number of rotatable bonds is 2. The summed E-state index contributed by atoms with van der Waals surface area (Å²) in [5.74, 6) is -1.07. The third-order valence-corrected chi connectivity index (χ3v) is 2.45. The van der Waals surface area contributed by atoms with Gasteiger partial charge in [-0.25, -0.2) is 0 Å². The van der Waals surface area contributed by atoms with E-state index in [1.807, 2.05) is 0 Å². The average Bonchev–Trinajstić information content (AvgIpc) is 2.42. The number of ether oxygens (including phenoxy) is 1. The minimum absolute atomic E-state index is 0.0476. The van der Waals surface area contributed by atoms with Crippen LogP contribution in [-0.4, -0.2) is 36.2 Å². The standard InChI is InChI=1S/C11H12N2O4/c12-7-6-17-9-4-2-1-3-8(9)13(11(7)16)5-10(14)15/h1-4,7H,5-6,12H2,(H,14,15)/t7-/m0/s1. The highest BCUT2D eigenvalue weighted by atomic mass is 16.5. The summed E-state index contributed by atoms with van der Waals surface area (Å²) in [7, 11) is 0. The molecule has 0 fully saturated rings. The molecule has 0 radical (unpaired) electrons. The Morgan fingerprint density at radius 2 is 2.24 bits per heavy atom. The summed E-state index contributed by atoms with van der Waals surface area (Å²) < 4.78 is 5.36. The summed E-state index contributed by atoms with van der Waals surface area (Å²) in [4.78, 5) is 23.8. The molecule has 6 nitrogen and oxygen atoms in total. The summed E-state index contributed by atoms with van der Waals surface area (Å²) in [6, 6.07) is 5.92. The van der Waals surface area contributed by atoms with Gasteiger partial charge < -0.3 is 15.6 Å². The second-order valence-electron chi connectivity index (χ2n) is 3.70. The molecule has 1 aliphatic heterocycles. The monoisotopic (exact) mass is 236 g/mol. The molecule has 0 saturated carbocycles. The van der Waals surface area contributed by atoms with E-state index in [9.17, 15) is 9.59 Å². The largest absolute Gasteiger partial charge is 0.489 e. The molecule has 0 saturated heterocycles. The van der Waals surface area contributed by atoms with Crippen molar-refractivity contribution in [3.05, 3.63) is 24.3 Å². The highest BCUT2D eigenvalue weighted by molar-refractivity contribution is 6.02. The first kappa shape index (κ1) is 11.4. The lowest BCUT2D eigenvalue weighted by Gasteiger charge is -2.20. The lowest BCUT2D eigenvalue weighted by atomic mass is 10.2. The zero-order chi connectivity index (χ0) is 12.4. The van der Waals surface area contributed by atoms with Gasteiger partial charge in [-0.15, -0.1) is 0 Å². The number of para-hydroxylation sites is 2. The molecule has 0 bridgehead atoms. The Morgan fingerprint density at radius 3 is 2.94 bits per heavy atom. The molecule has 1 aromatic rings. The number of anilines is 1. The molecule has 0 unspecified atom stereocenters. The van der Waals surface area contributed by atoms with Crippen molar-refractivity contribution in [2.45, 2.75) is 6.04 Å². The highest BCUT2D eigenvalue weighted by Gasteiger charge is 2.30. The van der Waals surface area contributed by atoms with Gasteiger partial charge in [-0.2, -0.15) is 0 Å². The molecule has 6 heteroatoms. The van der Waals surface area contributed by atoms with Crippen LogP contribution in [0.25, 0.3) is 0 Å². The number of nitrogens with zero attached hydrogens (tertiary/aromatic N) is 1. The lowest BCUT2D eigenvalue weighted by Crippen LogP contribution is -2.47. The molecule has 1 atom stereocenters. The zero-order valence-corrected chi connectivity index (χ0v) is 9.00. The van der Waals surface area contributed by atoms with E-state index in [1.165, 1.54) is 0 Å². The van der Waals surface area contributed by atoms with E-state index in [2.05, 4.69) is 0 Å². The van der Waals surface area contributed by atoms with E-state index in [-0.39, 0.29) is 6.61 Å². The van der Waals surface area contributed by atoms with E-state index in [0.29, 0.717) is 11.4 Å². The van der Waals surface area contributed by atoms with Crippen molar-refractivity contribution >= 4 is 17.6 Å². The van der Waals surface area contributed by atoms with Gasteiger partial charge in [-0.1, -0.05) is 12.1 Å². The van der Waals surface area contributed by atoms with E-state index in [4.69, 9.17) is 15.6 Å². The number of hydrogen-bond acceptors (Lipinski definition) is 4. The third-order valence-electron chi connectivity index (χ3n) is 2.45. The predicted molar refractivity (Wildman–Crippen MR) is 59.9 cm³/mol. The second kappa shape index (κ2) is 4.42. The van der Waals surface area contributed by atoms with Gasteiger partial charge in [0.1, 0.15) is 24.9 Å². The number of fused-ring (bicyclic) bond motifs is 1. The molecule has 3 N–H and O–H groups in total. The van der Waals surface area contributed by atoms with Crippen molar-refractivity contribution in [1.29, 1.82) is 0 Å². The normalized spacial score (nSPS) is 19.2. The molecule has 1 aliphatic rings. The Morgan fingerprint density at radius 1 is 1.53 bits per heavy atom. The molecule has 2 rings (SSSR count). The van der Waals surface area contributed by atoms with E-state index >= 15 is 0 Å². The quantitative estimate of drug-likeness (QED) is 0.743. The van der Waals surface area contributed by atoms with Crippen LogP contribution < -0.4 is 15.4 Å². The summed E-state index contributed by atoms with van der Waals surface area (Å²) >= 11 is 0. The Labute approximate surface area is 97.6 Å². The molecule has 0 aliphatic carbocycles. The topological polar surface area (TPSA) is 92.9 Å². The first-order chi connectivity index (χ1) is 8.09. The second-order valence-corrected chi connectivity index (χ2v) is 3.70. The zero-order valence-electron chi connectivity index (χ0n) is 9.00. The summed E-state index contributed by atoms with van der Waals surface area (Å²) in [5, 5.41) is 8.81. The number of carboxylic acid groups (broad SMARTS) is 1. The summed E-state index contributed by atoms with van der Waals surface area (Å²) in [5.41, 5.74) is 6.05. The highest BCUT2D eigenvalue weighted by Crippen LogP contribution is 2.30. The van der Waals surface area contributed by atoms with Crippen molar-refractivity contribution in [3.8, 4) is 5.75 Å². The van der Waals surface area contributed by atoms with Gasteiger partial charge in [0.2, 0.25) is 5.91 Å². The fraction of sp³-hybridized carbons (Fsp3) is 0.273. The van der Waals surface area contributed by atoms with Crippen LogP contribution in [0.2, 0.25) is 0 Å². The summed E-state index contributed by atoms with van der Waals surface area (Å²) in [6.45, 7) is -0.376. The number of carbonyl (C=O) groups excluding carboxylic acids is 1. The van der Waals surface area contributed by atoms with Gasteiger partial charge in [-0.05, 0) is 12.1 Å². The van der Waals surface area contributed by atoms with Gasteiger partial charge in [-0.3, -0.25) is 14.5 Å². The molecular formula is C11H12N2O4. The van der Waals surface area contributed by atoms with Crippen LogP contribution in [0, 0.1) is 0 Å². The van der Waals surface area contributed by atoms with Crippen LogP contribution in [-0.2, 0) is 9.59 Å². The number of aliphatic carboxylic acids is 1. The van der Waals surface area contributed by atoms with Crippen LogP contribution in [0.15, 0.2) is 24.3 Å². The molecule has 1 amide bonds. The van der Waals surface area contributed by atoms with Gasteiger partial charge in [0, 0.05) is 0 Å². The number of nitrogens with two attached hydrogens (primary N) is 1. The molecule has 90 valence electrons. The Balaban J connectivity index is 2.43. The molecule has 1 aromatic carbocycles. The number of hydrogen-bond donors (Lipinski definition) is 2. The van der Waals surface area contributed by atoms with Gasteiger partial charge in [0.15, 0.2) is 0 Å². The van der Waals surface area contributed by atoms with Crippen molar-refractivity contribution in [2.75, 3.05) is 18.1 Å². The number of carboxylic acids is 1. The van der Waals surface area contributed by atoms with Crippen molar-refractivity contribution in [1.82, 2.24) is 0 Å². The molecule has 1 heterocycles. The Kier molecular flexibility index (Phi) is 2.97. The first-order valence-electron chi connectivity index (χ1n) is 5.10. The maximum absolute atomic E-state index is 11.9.